The standard InChI is InChI=1S/C23H40N4O2S4/c1-7-24-16-18(30)26(20(24)28)22(3,4)10-14-32-12-9-13-33-15-11-23(5,6)27-19(31)17-25(8-2)21(27)29/h7-17H2,1-6H3. The van der Waals surface area contributed by atoms with E-state index in [-0.39, 0.29) is 23.1 Å². The maximum absolute atomic E-state index is 12.6. The first kappa shape index (κ1) is 28.7. The molecule has 2 fully saturated rings. The molecule has 2 aliphatic rings. The maximum Gasteiger partial charge on any atom is 0.325 e. The molecule has 0 atom stereocenters. The Morgan fingerprint density at radius 3 is 1.39 bits per heavy atom. The summed E-state index contributed by atoms with van der Waals surface area (Å²) in [4.78, 5) is 33.9. The van der Waals surface area contributed by atoms with Gasteiger partial charge in [0, 0.05) is 24.2 Å². The van der Waals surface area contributed by atoms with Crippen LogP contribution in [0.1, 0.15) is 60.8 Å². The Hall–Kier alpha value is -0.580. The van der Waals surface area contributed by atoms with Crippen LogP contribution in [0, 0.1) is 0 Å². The van der Waals surface area contributed by atoms with Gasteiger partial charge in [-0.25, -0.2) is 9.59 Å². The Balaban J connectivity index is 1.61. The number of carbonyl (C=O) groups is 2. The second-order valence-corrected chi connectivity index (χ2v) is 13.1. The number of amides is 4. The summed E-state index contributed by atoms with van der Waals surface area (Å²) in [6, 6.07) is 0.103. The molecule has 33 heavy (non-hydrogen) atoms. The van der Waals surface area contributed by atoms with E-state index in [4.69, 9.17) is 24.4 Å². The minimum absolute atomic E-state index is 0.0515. The van der Waals surface area contributed by atoms with Crippen LogP contribution in [0.25, 0.3) is 0 Å². The Bertz CT molecular complexity index is 684. The zero-order chi connectivity index (χ0) is 24.8. The average molecular weight is 533 g/mol. The first-order chi connectivity index (χ1) is 15.5. The largest absolute Gasteiger partial charge is 0.325 e. The molecule has 10 heteroatoms. The molecule has 2 saturated heterocycles. The second kappa shape index (κ2) is 12.4. The SMILES string of the molecule is CCN1CC(=S)N(C(C)(C)CCSCCCSCCC(C)(C)N2C(=O)N(CC)CC2=S)C1=O. The average Bonchev–Trinajstić information content (AvgIpc) is 3.20. The van der Waals surface area contributed by atoms with Crippen LogP contribution >= 0.6 is 48.0 Å². The highest BCUT2D eigenvalue weighted by atomic mass is 32.2. The minimum Gasteiger partial charge on any atom is -0.318 e. The van der Waals surface area contributed by atoms with Crippen LogP contribution in [0.5, 0.6) is 0 Å². The summed E-state index contributed by atoms with van der Waals surface area (Å²) in [5, 5.41) is 0. The van der Waals surface area contributed by atoms with Gasteiger partial charge in [-0.05, 0) is 83.8 Å². The number of carbonyl (C=O) groups excluding carboxylic acids is 2. The van der Waals surface area contributed by atoms with Gasteiger partial charge < -0.3 is 9.80 Å². The van der Waals surface area contributed by atoms with E-state index >= 15 is 0 Å². The maximum atomic E-state index is 12.6. The highest BCUT2D eigenvalue weighted by Gasteiger charge is 2.42. The number of hydrogen-bond donors (Lipinski definition) is 0. The molecule has 0 aliphatic carbocycles. The van der Waals surface area contributed by atoms with Crippen LogP contribution in [0.2, 0.25) is 0 Å². The van der Waals surface area contributed by atoms with Crippen molar-refractivity contribution in [3.8, 4) is 0 Å². The van der Waals surface area contributed by atoms with Crippen LogP contribution in [-0.2, 0) is 0 Å². The molecule has 6 nitrogen and oxygen atoms in total. The van der Waals surface area contributed by atoms with Crippen molar-refractivity contribution >= 4 is 70.0 Å². The Kier molecular flexibility index (Phi) is 10.8. The quantitative estimate of drug-likeness (QED) is 0.222. The molecule has 0 spiro atoms. The monoisotopic (exact) mass is 532 g/mol. The Labute approximate surface area is 219 Å². The summed E-state index contributed by atoms with van der Waals surface area (Å²) < 4.78 is 0. The number of nitrogens with zero attached hydrogens (tertiary/aromatic N) is 4. The van der Waals surface area contributed by atoms with Crippen molar-refractivity contribution in [2.45, 2.75) is 71.9 Å². The topological polar surface area (TPSA) is 47.1 Å². The fourth-order valence-electron chi connectivity index (χ4n) is 4.12. The lowest BCUT2D eigenvalue weighted by Crippen LogP contribution is -2.48. The first-order valence-corrected chi connectivity index (χ1v) is 15.0. The van der Waals surface area contributed by atoms with Gasteiger partial charge in [0.25, 0.3) is 0 Å². The van der Waals surface area contributed by atoms with Gasteiger partial charge in [0.1, 0.15) is 9.98 Å². The van der Waals surface area contributed by atoms with E-state index in [9.17, 15) is 9.59 Å². The molecular formula is C23H40N4O2S4. The first-order valence-electron chi connectivity index (χ1n) is 11.9. The predicted molar refractivity (Wildman–Crippen MR) is 151 cm³/mol. The van der Waals surface area contributed by atoms with E-state index in [1.807, 2.05) is 57.0 Å². The number of hydrogen-bond acceptors (Lipinski definition) is 6. The van der Waals surface area contributed by atoms with E-state index in [1.54, 1.807) is 0 Å². The molecule has 0 unspecified atom stereocenters. The lowest BCUT2D eigenvalue weighted by atomic mass is 10.00. The van der Waals surface area contributed by atoms with E-state index < -0.39 is 0 Å². The van der Waals surface area contributed by atoms with Crippen LogP contribution in [0.3, 0.4) is 0 Å². The third-order valence-corrected chi connectivity index (χ3v) is 9.11. The zero-order valence-electron chi connectivity index (χ0n) is 21.0. The van der Waals surface area contributed by atoms with E-state index in [2.05, 4.69) is 27.7 Å². The highest BCUT2D eigenvalue weighted by molar-refractivity contribution is 8.00. The van der Waals surface area contributed by atoms with E-state index in [1.165, 1.54) is 0 Å². The van der Waals surface area contributed by atoms with Crippen LogP contribution in [0.15, 0.2) is 0 Å². The molecule has 2 aliphatic heterocycles. The van der Waals surface area contributed by atoms with Crippen molar-refractivity contribution in [3.63, 3.8) is 0 Å². The van der Waals surface area contributed by atoms with E-state index in [0.29, 0.717) is 26.2 Å². The summed E-state index contributed by atoms with van der Waals surface area (Å²) in [6.07, 6.45) is 3.02. The molecule has 188 valence electrons. The normalized spacial score (nSPS) is 17.9. The van der Waals surface area contributed by atoms with Crippen LogP contribution < -0.4 is 0 Å². The fraction of sp³-hybridized carbons (Fsp3) is 0.826. The van der Waals surface area contributed by atoms with Gasteiger partial charge in [0.05, 0.1) is 13.1 Å². The molecular weight excluding hydrogens is 493 g/mol. The van der Waals surface area contributed by atoms with Gasteiger partial charge in [-0.2, -0.15) is 23.5 Å². The molecule has 0 radical (unpaired) electrons. The molecule has 0 bridgehead atoms. The predicted octanol–water partition coefficient (Wildman–Crippen LogP) is 5.35. The Morgan fingerprint density at radius 2 is 1.09 bits per heavy atom. The number of likely N-dealkylation sites (N-methyl/N-ethyl adjacent to an activating group) is 2. The van der Waals surface area contributed by atoms with Crippen molar-refractivity contribution in [2.24, 2.45) is 0 Å². The van der Waals surface area contributed by atoms with Gasteiger partial charge in [-0.1, -0.05) is 24.4 Å². The third kappa shape index (κ3) is 7.21. The van der Waals surface area contributed by atoms with Gasteiger partial charge in [0.2, 0.25) is 0 Å². The third-order valence-electron chi connectivity index (χ3n) is 6.34. The summed E-state index contributed by atoms with van der Waals surface area (Å²) in [6.45, 7) is 15.0. The number of thioether (sulfide) groups is 2. The van der Waals surface area contributed by atoms with Crippen molar-refractivity contribution in [2.75, 3.05) is 49.2 Å². The van der Waals surface area contributed by atoms with Crippen molar-refractivity contribution in [3.05, 3.63) is 0 Å². The summed E-state index contributed by atoms with van der Waals surface area (Å²) in [5.41, 5.74) is -0.487. The lowest BCUT2D eigenvalue weighted by molar-refractivity contribution is 0.167. The number of thiocarbonyl (C=S) groups is 2. The summed E-state index contributed by atoms with van der Waals surface area (Å²) in [7, 11) is 0. The fourth-order valence-corrected chi connectivity index (χ4v) is 7.66. The minimum atomic E-state index is -0.244. The molecule has 4 amide bonds. The molecule has 2 heterocycles. The van der Waals surface area contributed by atoms with Gasteiger partial charge in [-0.3, -0.25) is 9.80 Å². The molecule has 0 aromatic rings. The van der Waals surface area contributed by atoms with Crippen LogP contribution in [0.4, 0.5) is 9.59 Å². The molecule has 0 aromatic heterocycles. The second-order valence-electron chi connectivity index (χ2n) is 9.75. The molecule has 2 rings (SSSR count). The smallest absolute Gasteiger partial charge is 0.318 e. The Morgan fingerprint density at radius 1 is 0.727 bits per heavy atom. The number of urea groups is 2. The van der Waals surface area contributed by atoms with Gasteiger partial charge >= 0.3 is 12.1 Å². The van der Waals surface area contributed by atoms with Crippen molar-refractivity contribution in [1.29, 1.82) is 0 Å². The number of rotatable bonds is 14. The van der Waals surface area contributed by atoms with Crippen molar-refractivity contribution < 1.29 is 9.59 Å². The summed E-state index contributed by atoms with van der Waals surface area (Å²) in [5.74, 6) is 4.27. The van der Waals surface area contributed by atoms with Gasteiger partial charge in [0.15, 0.2) is 0 Å². The highest BCUT2D eigenvalue weighted by Crippen LogP contribution is 2.29. The van der Waals surface area contributed by atoms with Crippen LogP contribution in [-0.4, -0.2) is 102 Å². The van der Waals surface area contributed by atoms with E-state index in [0.717, 1.165) is 52.3 Å². The molecule has 0 aromatic carbocycles. The molecule has 0 saturated carbocycles. The zero-order valence-corrected chi connectivity index (χ0v) is 24.3. The molecule has 0 N–H and O–H groups in total. The van der Waals surface area contributed by atoms with Gasteiger partial charge in [-0.15, -0.1) is 0 Å². The summed E-state index contributed by atoms with van der Waals surface area (Å²) >= 11 is 14.9. The van der Waals surface area contributed by atoms with Crippen molar-refractivity contribution in [1.82, 2.24) is 19.6 Å². The lowest BCUT2D eigenvalue weighted by Gasteiger charge is -2.35.